The molecule has 4 rings (SSSR count). The topological polar surface area (TPSA) is 61.4 Å². The first kappa shape index (κ1) is 21.5. The zero-order valence-electron chi connectivity index (χ0n) is 17.6. The van der Waals surface area contributed by atoms with E-state index in [1.54, 1.807) is 0 Å². The molecule has 2 fully saturated rings. The fraction of sp³-hybridized carbons (Fsp3) is 0.500. The van der Waals surface area contributed by atoms with Gasteiger partial charge in [0.25, 0.3) is 0 Å². The Bertz CT molecular complexity index is 922. The number of nitrogens with one attached hydrogen (secondary N) is 1. The number of urea groups is 1. The SMILES string of the molecule is CN(C)C1(Cc2ccccc2)CCC2(CC1)CN(c1cnc(C(F)(F)F)nc1)C(=O)N2. The van der Waals surface area contributed by atoms with Crippen molar-refractivity contribution >= 4 is 11.7 Å². The van der Waals surface area contributed by atoms with E-state index in [9.17, 15) is 18.0 Å². The molecule has 2 aromatic rings. The van der Waals surface area contributed by atoms with E-state index >= 15 is 0 Å². The van der Waals surface area contributed by atoms with Crippen molar-refractivity contribution in [2.75, 3.05) is 25.5 Å². The molecule has 1 spiro atoms. The van der Waals surface area contributed by atoms with Crippen molar-refractivity contribution in [1.82, 2.24) is 20.2 Å². The van der Waals surface area contributed by atoms with Gasteiger partial charge in [0.2, 0.25) is 5.82 Å². The molecule has 0 atom stereocenters. The number of carbonyl (C=O) groups is 1. The van der Waals surface area contributed by atoms with Gasteiger partial charge in [0.15, 0.2) is 0 Å². The van der Waals surface area contributed by atoms with E-state index in [-0.39, 0.29) is 17.3 Å². The van der Waals surface area contributed by atoms with Gasteiger partial charge >= 0.3 is 12.2 Å². The fourth-order valence-corrected chi connectivity index (χ4v) is 4.76. The Morgan fingerprint density at radius 2 is 1.68 bits per heavy atom. The summed E-state index contributed by atoms with van der Waals surface area (Å²) in [5.41, 5.74) is 1.17. The predicted molar refractivity (Wildman–Crippen MR) is 111 cm³/mol. The second-order valence-electron chi connectivity index (χ2n) is 8.84. The Morgan fingerprint density at radius 1 is 1.06 bits per heavy atom. The quantitative estimate of drug-likeness (QED) is 0.795. The molecule has 1 aliphatic heterocycles. The Morgan fingerprint density at radius 3 is 2.23 bits per heavy atom. The number of amides is 2. The molecule has 31 heavy (non-hydrogen) atoms. The van der Waals surface area contributed by atoms with Gasteiger partial charge in [0.1, 0.15) is 0 Å². The lowest BCUT2D eigenvalue weighted by Gasteiger charge is -2.48. The monoisotopic (exact) mass is 433 g/mol. The first-order valence-electron chi connectivity index (χ1n) is 10.3. The number of hydrogen-bond donors (Lipinski definition) is 1. The summed E-state index contributed by atoms with van der Waals surface area (Å²) in [5.74, 6) is -1.21. The number of anilines is 1. The van der Waals surface area contributed by atoms with Gasteiger partial charge in [-0.1, -0.05) is 30.3 Å². The van der Waals surface area contributed by atoms with Crippen molar-refractivity contribution in [3.05, 3.63) is 54.1 Å². The van der Waals surface area contributed by atoms with Gasteiger partial charge in [-0.05, 0) is 51.8 Å². The van der Waals surface area contributed by atoms with E-state index in [4.69, 9.17) is 0 Å². The summed E-state index contributed by atoms with van der Waals surface area (Å²) in [5, 5.41) is 3.09. The summed E-state index contributed by atoms with van der Waals surface area (Å²) in [7, 11) is 4.19. The zero-order chi connectivity index (χ0) is 22.3. The Kier molecular flexibility index (Phi) is 5.41. The first-order valence-corrected chi connectivity index (χ1v) is 10.3. The second-order valence-corrected chi connectivity index (χ2v) is 8.84. The molecule has 6 nitrogen and oxygen atoms in total. The maximum Gasteiger partial charge on any atom is 0.451 e. The van der Waals surface area contributed by atoms with Gasteiger partial charge in [0, 0.05) is 5.54 Å². The van der Waals surface area contributed by atoms with Crippen LogP contribution < -0.4 is 10.2 Å². The van der Waals surface area contributed by atoms with Crippen molar-refractivity contribution in [3.8, 4) is 0 Å². The van der Waals surface area contributed by atoms with Crippen molar-refractivity contribution in [2.45, 2.75) is 49.4 Å². The van der Waals surface area contributed by atoms with Crippen LogP contribution >= 0.6 is 0 Å². The van der Waals surface area contributed by atoms with Crippen LogP contribution in [0.4, 0.5) is 23.7 Å². The maximum absolute atomic E-state index is 12.7. The molecule has 1 N–H and O–H groups in total. The van der Waals surface area contributed by atoms with Crippen molar-refractivity contribution in [2.24, 2.45) is 0 Å². The summed E-state index contributed by atoms with van der Waals surface area (Å²) >= 11 is 0. The number of carbonyl (C=O) groups excluding carboxylic acids is 1. The van der Waals surface area contributed by atoms with Gasteiger partial charge in [-0.25, -0.2) is 14.8 Å². The second kappa shape index (κ2) is 7.78. The highest BCUT2D eigenvalue weighted by Gasteiger charge is 2.50. The average Bonchev–Trinajstić information content (AvgIpc) is 3.06. The summed E-state index contributed by atoms with van der Waals surface area (Å²) in [6.45, 7) is 0.398. The normalized spacial score (nSPS) is 26.5. The molecular weight excluding hydrogens is 407 g/mol. The van der Waals surface area contributed by atoms with Crippen LogP contribution in [0.2, 0.25) is 0 Å². The molecule has 1 aliphatic carbocycles. The van der Waals surface area contributed by atoms with E-state index in [0.29, 0.717) is 6.54 Å². The Hall–Kier alpha value is -2.68. The van der Waals surface area contributed by atoms with Crippen LogP contribution in [-0.2, 0) is 12.6 Å². The molecule has 1 saturated carbocycles. The predicted octanol–water partition coefficient (Wildman–Crippen LogP) is 3.88. The lowest BCUT2D eigenvalue weighted by atomic mass is 9.69. The first-order chi connectivity index (χ1) is 14.6. The molecule has 166 valence electrons. The van der Waals surface area contributed by atoms with Gasteiger partial charge < -0.3 is 10.2 Å². The summed E-state index contributed by atoms with van der Waals surface area (Å²) in [4.78, 5) is 23.2. The van der Waals surface area contributed by atoms with Gasteiger partial charge in [0.05, 0.1) is 30.2 Å². The summed E-state index contributed by atoms with van der Waals surface area (Å²) in [6.07, 6.45) is 1.86. The van der Waals surface area contributed by atoms with E-state index in [2.05, 4.69) is 46.4 Å². The lowest BCUT2D eigenvalue weighted by Crippen LogP contribution is -2.56. The zero-order valence-corrected chi connectivity index (χ0v) is 17.6. The summed E-state index contributed by atoms with van der Waals surface area (Å²) < 4.78 is 38.2. The van der Waals surface area contributed by atoms with Gasteiger partial charge in [-0.15, -0.1) is 0 Å². The number of nitrogens with zero attached hydrogens (tertiary/aromatic N) is 4. The molecule has 2 aliphatic rings. The number of likely N-dealkylation sites (N-methyl/N-ethyl adjacent to an activating group) is 1. The molecule has 2 heterocycles. The number of hydrogen-bond acceptors (Lipinski definition) is 4. The van der Waals surface area contributed by atoms with Gasteiger partial charge in [-0.2, -0.15) is 13.2 Å². The Balaban J connectivity index is 1.47. The van der Waals surface area contributed by atoms with Gasteiger partial charge in [-0.3, -0.25) is 4.90 Å². The molecule has 2 amide bonds. The third kappa shape index (κ3) is 4.23. The van der Waals surface area contributed by atoms with Crippen LogP contribution in [0.15, 0.2) is 42.7 Å². The third-order valence-electron chi connectivity index (χ3n) is 6.74. The van der Waals surface area contributed by atoms with E-state index in [1.165, 1.54) is 10.5 Å². The minimum absolute atomic E-state index is 0.00220. The summed E-state index contributed by atoms with van der Waals surface area (Å²) in [6, 6.07) is 10.1. The smallest absolute Gasteiger partial charge is 0.330 e. The molecule has 0 bridgehead atoms. The highest BCUT2D eigenvalue weighted by molar-refractivity contribution is 5.95. The average molecular weight is 433 g/mol. The molecule has 0 radical (unpaired) electrons. The molecule has 1 aromatic carbocycles. The maximum atomic E-state index is 12.7. The molecule has 1 saturated heterocycles. The van der Waals surface area contributed by atoms with Crippen LogP contribution in [0.1, 0.15) is 37.1 Å². The van der Waals surface area contributed by atoms with Crippen LogP contribution in [0.5, 0.6) is 0 Å². The minimum Gasteiger partial charge on any atom is -0.330 e. The molecular formula is C22H26F3N5O. The minimum atomic E-state index is -4.61. The standard InChI is InChI=1S/C22H26F3N5O/c1-29(2)21(12-16-6-4-3-5-7-16)10-8-20(9-11-21)15-30(19(31)28-20)17-13-26-18(27-14-17)22(23,24)25/h3-7,13-14H,8-12,15H2,1-2H3,(H,28,31). The van der Waals surface area contributed by atoms with E-state index in [0.717, 1.165) is 44.5 Å². The van der Waals surface area contributed by atoms with Crippen LogP contribution in [0.25, 0.3) is 0 Å². The number of aromatic nitrogens is 2. The largest absolute Gasteiger partial charge is 0.451 e. The number of rotatable bonds is 4. The molecule has 0 unspecified atom stereocenters. The highest BCUT2D eigenvalue weighted by Crippen LogP contribution is 2.42. The molecule has 9 heteroatoms. The van der Waals surface area contributed by atoms with E-state index in [1.807, 2.05) is 18.2 Å². The van der Waals surface area contributed by atoms with Crippen molar-refractivity contribution < 1.29 is 18.0 Å². The fourth-order valence-electron chi connectivity index (χ4n) is 4.76. The number of benzene rings is 1. The van der Waals surface area contributed by atoms with Crippen molar-refractivity contribution in [1.29, 1.82) is 0 Å². The highest BCUT2D eigenvalue weighted by atomic mass is 19.4. The van der Waals surface area contributed by atoms with Crippen LogP contribution in [-0.4, -0.2) is 52.6 Å². The number of halogens is 3. The molecule has 1 aromatic heterocycles. The Labute approximate surface area is 179 Å². The third-order valence-corrected chi connectivity index (χ3v) is 6.74. The number of alkyl halides is 3. The van der Waals surface area contributed by atoms with Crippen molar-refractivity contribution in [3.63, 3.8) is 0 Å². The lowest BCUT2D eigenvalue weighted by molar-refractivity contribution is -0.144. The van der Waals surface area contributed by atoms with E-state index < -0.39 is 17.5 Å². The van der Waals surface area contributed by atoms with Crippen LogP contribution in [0, 0.1) is 0 Å². The van der Waals surface area contributed by atoms with Crippen LogP contribution in [0.3, 0.4) is 0 Å².